The number of halogens is 2. The normalized spacial score (nSPS) is 17.4. The summed E-state index contributed by atoms with van der Waals surface area (Å²) in [5.41, 5.74) is 1.68. The van der Waals surface area contributed by atoms with Crippen molar-refractivity contribution < 1.29 is 19.4 Å². The van der Waals surface area contributed by atoms with Crippen molar-refractivity contribution in [2.45, 2.75) is 19.5 Å². The monoisotopic (exact) mass is 482 g/mol. The van der Waals surface area contributed by atoms with Crippen molar-refractivity contribution in [2.75, 3.05) is 6.61 Å². The van der Waals surface area contributed by atoms with E-state index in [0.29, 0.717) is 28.5 Å². The van der Waals surface area contributed by atoms with Gasteiger partial charge in [0.25, 0.3) is 11.7 Å². The molecule has 0 radical (unpaired) electrons. The minimum Gasteiger partial charge on any atom is -0.507 e. The van der Waals surface area contributed by atoms with Gasteiger partial charge in [0.2, 0.25) is 0 Å². The standard InChI is InChI=1S/C25H20Cl2N2O4/c1-2-33-20-10-7-17(12-19(20)27)23(30)21-22(16-5-8-18(26)9-6-16)29(25(32)24(21)31)14-15-4-3-11-28-13-15/h3-13,22,30H,2,14H2,1H3/t22-/m1/s1. The van der Waals surface area contributed by atoms with Crippen LogP contribution >= 0.6 is 23.2 Å². The van der Waals surface area contributed by atoms with E-state index in [1.54, 1.807) is 54.9 Å². The van der Waals surface area contributed by atoms with Gasteiger partial charge in [-0.05, 0) is 54.4 Å². The van der Waals surface area contributed by atoms with Gasteiger partial charge in [0.15, 0.2) is 0 Å². The summed E-state index contributed by atoms with van der Waals surface area (Å²) in [5, 5.41) is 12.0. The van der Waals surface area contributed by atoms with Gasteiger partial charge in [0, 0.05) is 29.5 Å². The van der Waals surface area contributed by atoms with Crippen molar-refractivity contribution in [3.63, 3.8) is 0 Å². The van der Waals surface area contributed by atoms with E-state index >= 15 is 0 Å². The third-order valence-corrected chi connectivity index (χ3v) is 5.85. The Bertz CT molecular complexity index is 1230. The van der Waals surface area contributed by atoms with E-state index < -0.39 is 17.7 Å². The van der Waals surface area contributed by atoms with Crippen LogP contribution in [0.15, 0.2) is 72.6 Å². The summed E-state index contributed by atoms with van der Waals surface area (Å²) < 4.78 is 5.44. The zero-order valence-electron chi connectivity index (χ0n) is 17.7. The summed E-state index contributed by atoms with van der Waals surface area (Å²) in [6.45, 7) is 2.41. The number of likely N-dealkylation sites (tertiary alicyclic amines) is 1. The van der Waals surface area contributed by atoms with Crippen LogP contribution in [0.4, 0.5) is 0 Å². The van der Waals surface area contributed by atoms with Gasteiger partial charge in [-0.15, -0.1) is 0 Å². The van der Waals surface area contributed by atoms with Crippen LogP contribution in [0.2, 0.25) is 10.0 Å². The molecule has 1 aliphatic rings. The van der Waals surface area contributed by atoms with Gasteiger partial charge in [-0.3, -0.25) is 14.6 Å². The van der Waals surface area contributed by atoms with Gasteiger partial charge < -0.3 is 14.7 Å². The molecule has 33 heavy (non-hydrogen) atoms. The molecule has 0 aliphatic carbocycles. The molecule has 0 unspecified atom stereocenters. The molecular weight excluding hydrogens is 463 g/mol. The summed E-state index contributed by atoms with van der Waals surface area (Å²) in [6.07, 6.45) is 3.26. The molecular formula is C25H20Cl2N2O4. The van der Waals surface area contributed by atoms with Crippen LogP contribution in [-0.2, 0) is 16.1 Å². The van der Waals surface area contributed by atoms with Crippen molar-refractivity contribution in [2.24, 2.45) is 0 Å². The molecule has 2 aromatic carbocycles. The minimum atomic E-state index is -0.812. The molecule has 0 bridgehead atoms. The average Bonchev–Trinajstić information content (AvgIpc) is 3.06. The lowest BCUT2D eigenvalue weighted by molar-refractivity contribution is -0.140. The Hall–Kier alpha value is -3.35. The summed E-state index contributed by atoms with van der Waals surface area (Å²) in [7, 11) is 0. The van der Waals surface area contributed by atoms with Crippen LogP contribution in [-0.4, -0.2) is 33.3 Å². The number of aliphatic hydroxyl groups is 1. The summed E-state index contributed by atoms with van der Waals surface area (Å²) in [5.74, 6) is -1.34. The fourth-order valence-corrected chi connectivity index (χ4v) is 4.16. The number of Topliss-reactive ketones (excluding diaryl/α,β-unsaturated/α-hetero) is 1. The van der Waals surface area contributed by atoms with Crippen molar-refractivity contribution in [3.05, 3.63) is 99.3 Å². The van der Waals surface area contributed by atoms with Crippen molar-refractivity contribution in [1.29, 1.82) is 0 Å². The average molecular weight is 483 g/mol. The van der Waals surface area contributed by atoms with Crippen molar-refractivity contribution in [3.8, 4) is 5.75 Å². The minimum absolute atomic E-state index is 0.0218. The maximum atomic E-state index is 13.1. The zero-order valence-corrected chi connectivity index (χ0v) is 19.2. The highest BCUT2D eigenvalue weighted by Crippen LogP contribution is 2.41. The molecule has 0 saturated carbocycles. The second-order valence-electron chi connectivity index (χ2n) is 7.42. The molecule has 1 saturated heterocycles. The second kappa shape index (κ2) is 9.65. The molecule has 0 spiro atoms. The Morgan fingerprint density at radius 2 is 1.88 bits per heavy atom. The van der Waals surface area contributed by atoms with E-state index in [4.69, 9.17) is 27.9 Å². The molecule has 3 aromatic rings. The lowest BCUT2D eigenvalue weighted by Crippen LogP contribution is -2.29. The number of aromatic nitrogens is 1. The Balaban J connectivity index is 1.84. The molecule has 168 valence electrons. The number of hydrogen-bond donors (Lipinski definition) is 1. The predicted molar refractivity (Wildman–Crippen MR) is 126 cm³/mol. The number of benzene rings is 2. The van der Waals surface area contributed by atoms with Gasteiger partial charge in [-0.2, -0.15) is 0 Å². The highest BCUT2D eigenvalue weighted by molar-refractivity contribution is 6.46. The number of nitrogens with zero attached hydrogens (tertiary/aromatic N) is 2. The molecule has 8 heteroatoms. The van der Waals surface area contributed by atoms with Crippen LogP contribution in [0.5, 0.6) is 5.75 Å². The third kappa shape index (κ3) is 4.58. The van der Waals surface area contributed by atoms with Gasteiger partial charge >= 0.3 is 0 Å². The van der Waals surface area contributed by atoms with Gasteiger partial charge in [-0.25, -0.2) is 0 Å². The highest BCUT2D eigenvalue weighted by atomic mass is 35.5. The molecule has 6 nitrogen and oxygen atoms in total. The van der Waals surface area contributed by atoms with E-state index in [1.807, 2.05) is 13.0 Å². The Kier molecular flexibility index (Phi) is 6.67. The van der Waals surface area contributed by atoms with E-state index in [9.17, 15) is 14.7 Å². The second-order valence-corrected chi connectivity index (χ2v) is 8.26. The largest absolute Gasteiger partial charge is 0.507 e. The molecule has 4 rings (SSSR count). The first kappa shape index (κ1) is 22.8. The van der Waals surface area contributed by atoms with Crippen LogP contribution in [0.3, 0.4) is 0 Å². The van der Waals surface area contributed by atoms with Gasteiger partial charge in [0.05, 0.1) is 23.2 Å². The van der Waals surface area contributed by atoms with Crippen LogP contribution in [0.1, 0.15) is 29.7 Å². The van der Waals surface area contributed by atoms with Crippen LogP contribution in [0, 0.1) is 0 Å². The lowest BCUT2D eigenvalue weighted by Gasteiger charge is -2.25. The first-order valence-corrected chi connectivity index (χ1v) is 11.0. The quantitative estimate of drug-likeness (QED) is 0.288. The number of carbonyl (C=O) groups excluding carboxylic acids is 2. The fourth-order valence-electron chi connectivity index (χ4n) is 3.80. The van der Waals surface area contributed by atoms with E-state index in [1.165, 1.54) is 11.0 Å². The number of ether oxygens (including phenoxy) is 1. The Labute approximate surface area is 201 Å². The highest BCUT2D eigenvalue weighted by Gasteiger charge is 2.46. The molecule has 1 fully saturated rings. The van der Waals surface area contributed by atoms with E-state index in [2.05, 4.69) is 4.98 Å². The number of pyridine rings is 1. The maximum absolute atomic E-state index is 13.1. The number of hydrogen-bond acceptors (Lipinski definition) is 5. The van der Waals surface area contributed by atoms with Gasteiger partial charge in [0.1, 0.15) is 11.5 Å². The number of amides is 1. The molecule has 1 aliphatic heterocycles. The zero-order chi connectivity index (χ0) is 23.5. The molecule has 1 N–H and O–H groups in total. The SMILES string of the molecule is CCOc1ccc(C(O)=C2C(=O)C(=O)N(Cc3cccnc3)[C@@H]2c2ccc(Cl)cc2)cc1Cl. The molecule has 1 aromatic heterocycles. The maximum Gasteiger partial charge on any atom is 0.295 e. The lowest BCUT2D eigenvalue weighted by atomic mass is 9.95. The number of ketones is 1. The van der Waals surface area contributed by atoms with Crippen LogP contribution < -0.4 is 4.74 Å². The first-order valence-electron chi connectivity index (χ1n) is 10.3. The van der Waals surface area contributed by atoms with Gasteiger partial charge in [-0.1, -0.05) is 41.4 Å². The molecule has 1 atom stereocenters. The molecule has 2 heterocycles. The molecule has 1 amide bonds. The Morgan fingerprint density at radius 1 is 1.12 bits per heavy atom. The number of rotatable bonds is 6. The Morgan fingerprint density at radius 3 is 2.52 bits per heavy atom. The summed E-state index contributed by atoms with van der Waals surface area (Å²) >= 11 is 12.3. The van der Waals surface area contributed by atoms with Crippen molar-refractivity contribution >= 4 is 40.7 Å². The number of aliphatic hydroxyl groups excluding tert-OH is 1. The smallest absolute Gasteiger partial charge is 0.295 e. The first-order chi connectivity index (χ1) is 15.9. The summed E-state index contributed by atoms with van der Waals surface area (Å²) in [4.78, 5) is 31.7. The third-order valence-electron chi connectivity index (χ3n) is 5.31. The van der Waals surface area contributed by atoms with Crippen molar-refractivity contribution in [1.82, 2.24) is 9.88 Å². The number of carbonyl (C=O) groups is 2. The van der Waals surface area contributed by atoms with E-state index in [0.717, 1.165) is 5.56 Å². The fraction of sp³-hybridized carbons (Fsp3) is 0.160. The topological polar surface area (TPSA) is 79.7 Å². The van der Waals surface area contributed by atoms with E-state index in [-0.39, 0.29) is 22.9 Å². The predicted octanol–water partition coefficient (Wildman–Crippen LogP) is 5.41. The van der Waals surface area contributed by atoms with Crippen LogP contribution in [0.25, 0.3) is 5.76 Å². The summed E-state index contributed by atoms with van der Waals surface area (Å²) in [6, 6.07) is 14.3.